The van der Waals surface area contributed by atoms with Crippen molar-refractivity contribution in [2.45, 2.75) is 51.1 Å². The third kappa shape index (κ3) is 4.68. The van der Waals surface area contributed by atoms with E-state index in [9.17, 15) is 13.2 Å². The second-order valence-electron chi connectivity index (χ2n) is 7.92. The number of nitrogens with zero attached hydrogens (tertiary/aromatic N) is 4. The molecule has 2 aromatic rings. The van der Waals surface area contributed by atoms with Crippen LogP contribution in [0.25, 0.3) is 11.0 Å². The lowest BCUT2D eigenvalue weighted by molar-refractivity contribution is -0.149. The number of carbonyl (C=O) groups is 1. The number of piperidine rings is 1. The molecule has 0 amide bonds. The van der Waals surface area contributed by atoms with Gasteiger partial charge in [-0.1, -0.05) is 6.92 Å². The average Bonchev–Trinajstić information content (AvgIpc) is 3.05. The van der Waals surface area contributed by atoms with Gasteiger partial charge >= 0.3 is 5.97 Å². The monoisotopic (exact) mass is 436 g/mol. The van der Waals surface area contributed by atoms with Crippen LogP contribution in [0.5, 0.6) is 0 Å². The average molecular weight is 437 g/mol. The number of sulfonamides is 1. The second-order valence-corrected chi connectivity index (χ2v) is 10.1. The van der Waals surface area contributed by atoms with E-state index in [1.54, 1.807) is 12.1 Å². The molecule has 0 spiro atoms. The van der Waals surface area contributed by atoms with Gasteiger partial charge in [0, 0.05) is 20.6 Å². The minimum absolute atomic E-state index is 0.0190. The van der Waals surface area contributed by atoms with Gasteiger partial charge < -0.3 is 9.30 Å². The van der Waals surface area contributed by atoms with Crippen molar-refractivity contribution in [3.63, 3.8) is 0 Å². The highest BCUT2D eigenvalue weighted by Crippen LogP contribution is 2.25. The van der Waals surface area contributed by atoms with Crippen LogP contribution in [-0.2, 0) is 32.6 Å². The maximum Gasteiger partial charge on any atom is 0.309 e. The highest BCUT2D eigenvalue weighted by Gasteiger charge is 2.27. The molecule has 1 aromatic heterocycles. The quantitative estimate of drug-likeness (QED) is 0.591. The van der Waals surface area contributed by atoms with Crippen molar-refractivity contribution in [2.75, 3.05) is 33.8 Å². The Morgan fingerprint density at radius 2 is 1.93 bits per heavy atom. The summed E-state index contributed by atoms with van der Waals surface area (Å²) in [6, 6.07) is 5.16. The Morgan fingerprint density at radius 3 is 2.53 bits per heavy atom. The van der Waals surface area contributed by atoms with Crippen molar-refractivity contribution in [1.82, 2.24) is 18.8 Å². The van der Waals surface area contributed by atoms with Crippen LogP contribution >= 0.6 is 0 Å². The summed E-state index contributed by atoms with van der Waals surface area (Å²) < 4.78 is 33.5. The molecular weight excluding hydrogens is 404 g/mol. The minimum atomic E-state index is -3.50. The molecule has 0 radical (unpaired) electrons. The van der Waals surface area contributed by atoms with Crippen LogP contribution in [0.1, 0.15) is 38.9 Å². The maximum atomic E-state index is 12.5. The van der Waals surface area contributed by atoms with E-state index in [4.69, 9.17) is 9.72 Å². The lowest BCUT2D eigenvalue weighted by atomic mass is 9.97. The molecule has 8 nitrogen and oxygen atoms in total. The van der Waals surface area contributed by atoms with E-state index in [-0.39, 0.29) is 16.8 Å². The van der Waals surface area contributed by atoms with Gasteiger partial charge in [0.25, 0.3) is 0 Å². The predicted octanol–water partition coefficient (Wildman–Crippen LogP) is 2.47. The van der Waals surface area contributed by atoms with Crippen LogP contribution < -0.4 is 0 Å². The summed E-state index contributed by atoms with van der Waals surface area (Å²) in [5.74, 6) is 0.820. The molecule has 9 heteroatoms. The lowest BCUT2D eigenvalue weighted by Crippen LogP contribution is -2.37. The van der Waals surface area contributed by atoms with Crippen molar-refractivity contribution >= 4 is 27.0 Å². The molecule has 1 aliphatic heterocycles. The molecular formula is C21H32N4O4S. The molecule has 2 heterocycles. The van der Waals surface area contributed by atoms with Crippen LogP contribution in [0.4, 0.5) is 0 Å². The molecule has 166 valence electrons. The van der Waals surface area contributed by atoms with Crippen LogP contribution in [-0.4, -0.2) is 66.9 Å². The van der Waals surface area contributed by atoms with E-state index in [2.05, 4.69) is 16.4 Å². The molecule has 3 rings (SSSR count). The second kappa shape index (κ2) is 9.45. The van der Waals surface area contributed by atoms with Gasteiger partial charge in [-0.05, 0) is 57.5 Å². The zero-order valence-corrected chi connectivity index (χ0v) is 19.1. The summed E-state index contributed by atoms with van der Waals surface area (Å²) in [7, 11) is -0.444. The number of rotatable bonds is 8. The van der Waals surface area contributed by atoms with E-state index in [1.165, 1.54) is 18.4 Å². The van der Waals surface area contributed by atoms with Crippen molar-refractivity contribution in [1.29, 1.82) is 0 Å². The molecule has 0 unspecified atom stereocenters. The van der Waals surface area contributed by atoms with Crippen LogP contribution in [0, 0.1) is 5.92 Å². The molecule has 0 N–H and O–H groups in total. The maximum absolute atomic E-state index is 12.5. The van der Waals surface area contributed by atoms with E-state index in [1.807, 2.05) is 13.0 Å². The molecule has 1 aromatic carbocycles. The lowest BCUT2D eigenvalue weighted by Gasteiger charge is -2.30. The van der Waals surface area contributed by atoms with Crippen LogP contribution in [0.3, 0.4) is 0 Å². The van der Waals surface area contributed by atoms with Gasteiger partial charge in [-0.3, -0.25) is 9.69 Å². The summed E-state index contributed by atoms with van der Waals surface area (Å²) in [5, 5.41) is 0. The van der Waals surface area contributed by atoms with Gasteiger partial charge in [0.15, 0.2) is 0 Å². The summed E-state index contributed by atoms with van der Waals surface area (Å²) in [6.45, 7) is 7.51. The van der Waals surface area contributed by atoms with E-state index < -0.39 is 10.0 Å². The number of aryl methyl sites for hydroxylation is 1. The number of ether oxygens (including phenoxy) is 1. The molecule has 0 aliphatic carbocycles. The zero-order valence-electron chi connectivity index (χ0n) is 18.3. The Balaban J connectivity index is 1.82. The van der Waals surface area contributed by atoms with Gasteiger partial charge in [0.2, 0.25) is 10.0 Å². The highest BCUT2D eigenvalue weighted by atomic mass is 32.2. The number of imidazole rings is 1. The Labute approximate surface area is 178 Å². The van der Waals surface area contributed by atoms with Crippen LogP contribution in [0.15, 0.2) is 23.1 Å². The number of carbonyl (C=O) groups excluding carboxylic acids is 1. The molecule has 0 atom stereocenters. The van der Waals surface area contributed by atoms with Gasteiger partial charge in [-0.15, -0.1) is 0 Å². The first-order valence-corrected chi connectivity index (χ1v) is 12.0. The summed E-state index contributed by atoms with van der Waals surface area (Å²) in [6.07, 6.45) is 2.54. The Morgan fingerprint density at radius 1 is 1.23 bits per heavy atom. The summed E-state index contributed by atoms with van der Waals surface area (Å²) >= 11 is 0. The number of hydrogen-bond acceptors (Lipinski definition) is 6. The number of esters is 1. The third-order valence-corrected chi connectivity index (χ3v) is 7.41. The Kier molecular flexibility index (Phi) is 7.15. The fraction of sp³-hybridized carbons (Fsp3) is 0.619. The summed E-state index contributed by atoms with van der Waals surface area (Å²) in [4.78, 5) is 19.3. The molecule has 1 aliphatic rings. The minimum Gasteiger partial charge on any atom is -0.466 e. The van der Waals surface area contributed by atoms with Gasteiger partial charge in [-0.2, -0.15) is 0 Å². The number of fused-ring (bicyclic) bond motifs is 1. The van der Waals surface area contributed by atoms with Crippen molar-refractivity contribution in [3.05, 3.63) is 24.0 Å². The van der Waals surface area contributed by atoms with E-state index >= 15 is 0 Å². The van der Waals surface area contributed by atoms with Gasteiger partial charge in [-0.25, -0.2) is 17.7 Å². The first-order chi connectivity index (χ1) is 14.3. The first kappa shape index (κ1) is 22.7. The smallest absolute Gasteiger partial charge is 0.309 e. The fourth-order valence-corrected chi connectivity index (χ4v) is 4.83. The largest absolute Gasteiger partial charge is 0.466 e. The molecule has 30 heavy (non-hydrogen) atoms. The summed E-state index contributed by atoms with van der Waals surface area (Å²) in [5.41, 5.74) is 1.65. The normalized spacial score (nSPS) is 16.4. The van der Waals surface area contributed by atoms with E-state index in [0.29, 0.717) is 18.7 Å². The van der Waals surface area contributed by atoms with E-state index in [0.717, 1.165) is 50.2 Å². The molecule has 1 saturated heterocycles. The van der Waals surface area contributed by atoms with Crippen molar-refractivity contribution < 1.29 is 17.9 Å². The molecule has 1 fully saturated rings. The first-order valence-electron chi connectivity index (χ1n) is 10.6. The molecule has 0 bridgehead atoms. The van der Waals surface area contributed by atoms with Crippen LogP contribution in [0.2, 0.25) is 0 Å². The Hall–Kier alpha value is -1.97. The SMILES string of the molecule is CCCn1c(CN2CCC(C(=O)OCC)CC2)nc2cc(S(=O)(=O)N(C)C)ccc21. The number of likely N-dealkylation sites (tertiary alicyclic amines) is 1. The van der Waals surface area contributed by atoms with Gasteiger partial charge in [0.05, 0.1) is 35.0 Å². The highest BCUT2D eigenvalue weighted by molar-refractivity contribution is 7.89. The number of benzene rings is 1. The Bertz CT molecular complexity index is 992. The topological polar surface area (TPSA) is 84.7 Å². The number of aromatic nitrogens is 2. The number of hydrogen-bond donors (Lipinski definition) is 0. The zero-order chi connectivity index (χ0) is 21.9. The standard InChI is InChI=1S/C21H32N4O4S/c1-5-11-25-19-8-7-17(30(27,28)23(3)4)14-18(19)22-20(25)15-24-12-9-16(10-13-24)21(26)29-6-2/h7-8,14,16H,5-6,9-13,15H2,1-4H3. The third-order valence-electron chi connectivity index (χ3n) is 5.60. The predicted molar refractivity (Wildman–Crippen MR) is 116 cm³/mol. The van der Waals surface area contributed by atoms with Crippen molar-refractivity contribution in [2.24, 2.45) is 5.92 Å². The molecule has 0 saturated carbocycles. The van der Waals surface area contributed by atoms with Gasteiger partial charge in [0.1, 0.15) is 5.82 Å². The fourth-order valence-electron chi connectivity index (χ4n) is 3.91. The van der Waals surface area contributed by atoms with Crippen molar-refractivity contribution in [3.8, 4) is 0 Å².